The maximum atomic E-state index is 12.4. The summed E-state index contributed by atoms with van der Waals surface area (Å²) in [6.07, 6.45) is 0. The maximum absolute atomic E-state index is 12.4. The molecule has 3 nitrogen and oxygen atoms in total. The zero-order chi connectivity index (χ0) is 15.9. The number of fused-ring (bicyclic) bond motifs is 3. The molecule has 1 heterocycles. The molecule has 2 aromatic carbocycles. The van der Waals surface area contributed by atoms with Crippen LogP contribution in [0.5, 0.6) is 0 Å². The van der Waals surface area contributed by atoms with Crippen LogP contribution in [0.2, 0.25) is 5.02 Å². The standard InChI is InChI=1S/C18H17ClO3/c1-4-21-17(20)18(2,3)13-6-5-7-15-16(13)12-10-11(19)8-9-14(12)22-15/h5-10H,4H2,1-3H3. The van der Waals surface area contributed by atoms with E-state index in [2.05, 4.69) is 0 Å². The van der Waals surface area contributed by atoms with Crippen LogP contribution in [0.3, 0.4) is 0 Å². The van der Waals surface area contributed by atoms with Gasteiger partial charge in [0.2, 0.25) is 0 Å². The van der Waals surface area contributed by atoms with Crippen molar-refractivity contribution in [3.63, 3.8) is 0 Å². The Labute approximate surface area is 133 Å². The molecule has 0 unspecified atom stereocenters. The van der Waals surface area contributed by atoms with Gasteiger partial charge in [-0.3, -0.25) is 4.79 Å². The van der Waals surface area contributed by atoms with Gasteiger partial charge in [0, 0.05) is 15.8 Å². The first-order valence-corrected chi connectivity index (χ1v) is 7.61. The van der Waals surface area contributed by atoms with Gasteiger partial charge in [0.15, 0.2) is 0 Å². The van der Waals surface area contributed by atoms with Crippen LogP contribution in [0.25, 0.3) is 21.9 Å². The van der Waals surface area contributed by atoms with Gasteiger partial charge in [0.05, 0.1) is 12.0 Å². The maximum Gasteiger partial charge on any atom is 0.315 e. The van der Waals surface area contributed by atoms with Crippen molar-refractivity contribution in [1.29, 1.82) is 0 Å². The van der Waals surface area contributed by atoms with Gasteiger partial charge in [0.1, 0.15) is 11.2 Å². The fourth-order valence-electron chi connectivity index (χ4n) is 2.74. The van der Waals surface area contributed by atoms with E-state index in [1.807, 2.05) is 51.1 Å². The van der Waals surface area contributed by atoms with E-state index in [-0.39, 0.29) is 5.97 Å². The third-order valence-corrected chi connectivity index (χ3v) is 4.15. The lowest BCUT2D eigenvalue weighted by molar-refractivity contribution is -0.148. The summed E-state index contributed by atoms with van der Waals surface area (Å²) >= 11 is 6.12. The van der Waals surface area contributed by atoms with Gasteiger partial charge in [-0.2, -0.15) is 0 Å². The Morgan fingerprint density at radius 3 is 2.73 bits per heavy atom. The van der Waals surface area contributed by atoms with E-state index < -0.39 is 5.41 Å². The first-order chi connectivity index (χ1) is 10.4. The highest BCUT2D eigenvalue weighted by atomic mass is 35.5. The van der Waals surface area contributed by atoms with Gasteiger partial charge in [-0.15, -0.1) is 0 Å². The minimum atomic E-state index is -0.769. The molecular formula is C18H17ClO3. The molecule has 4 heteroatoms. The minimum absolute atomic E-state index is 0.251. The Balaban J connectivity index is 2.32. The van der Waals surface area contributed by atoms with Crippen molar-refractivity contribution in [2.75, 3.05) is 6.61 Å². The van der Waals surface area contributed by atoms with E-state index in [1.165, 1.54) is 0 Å². The number of ether oxygens (including phenoxy) is 1. The van der Waals surface area contributed by atoms with E-state index in [4.69, 9.17) is 20.8 Å². The lowest BCUT2D eigenvalue weighted by atomic mass is 9.82. The Morgan fingerprint density at radius 2 is 2.00 bits per heavy atom. The fourth-order valence-corrected chi connectivity index (χ4v) is 2.91. The second-order valence-corrected chi connectivity index (χ2v) is 6.20. The number of hydrogen-bond donors (Lipinski definition) is 0. The Bertz CT molecular complexity index is 861. The first kappa shape index (κ1) is 14.9. The average Bonchev–Trinajstić information content (AvgIpc) is 2.85. The van der Waals surface area contributed by atoms with E-state index in [0.29, 0.717) is 11.6 Å². The second-order valence-electron chi connectivity index (χ2n) is 5.77. The molecule has 0 spiro atoms. The average molecular weight is 317 g/mol. The summed E-state index contributed by atoms with van der Waals surface area (Å²) in [6.45, 7) is 5.89. The van der Waals surface area contributed by atoms with Crippen molar-refractivity contribution in [3.05, 3.63) is 47.0 Å². The number of carbonyl (C=O) groups is 1. The molecule has 114 valence electrons. The molecule has 0 aliphatic carbocycles. The van der Waals surface area contributed by atoms with Crippen LogP contribution in [-0.4, -0.2) is 12.6 Å². The molecule has 3 aromatic rings. The number of rotatable bonds is 3. The monoisotopic (exact) mass is 316 g/mol. The summed E-state index contributed by atoms with van der Waals surface area (Å²) < 4.78 is 11.1. The normalized spacial score (nSPS) is 12.0. The van der Waals surface area contributed by atoms with Crippen LogP contribution in [0.4, 0.5) is 0 Å². The van der Waals surface area contributed by atoms with Gasteiger partial charge in [-0.1, -0.05) is 23.7 Å². The predicted octanol–water partition coefficient (Wildman–Crippen LogP) is 5.08. The summed E-state index contributed by atoms with van der Waals surface area (Å²) in [4.78, 5) is 12.4. The molecule has 0 aliphatic heterocycles. The molecule has 0 saturated carbocycles. The molecule has 0 atom stereocenters. The van der Waals surface area contributed by atoms with Crippen LogP contribution in [-0.2, 0) is 14.9 Å². The summed E-state index contributed by atoms with van der Waals surface area (Å²) in [6, 6.07) is 11.2. The molecule has 0 radical (unpaired) electrons. The molecule has 0 aliphatic rings. The summed E-state index contributed by atoms with van der Waals surface area (Å²) in [5, 5.41) is 2.47. The SMILES string of the molecule is CCOC(=O)C(C)(C)c1cccc2oc3ccc(Cl)cc3c12. The lowest BCUT2D eigenvalue weighted by Crippen LogP contribution is -2.31. The van der Waals surface area contributed by atoms with Crippen molar-refractivity contribution >= 4 is 39.5 Å². The van der Waals surface area contributed by atoms with Crippen LogP contribution < -0.4 is 0 Å². The van der Waals surface area contributed by atoms with E-state index in [9.17, 15) is 4.79 Å². The number of hydrogen-bond acceptors (Lipinski definition) is 3. The van der Waals surface area contributed by atoms with Crippen molar-refractivity contribution in [1.82, 2.24) is 0 Å². The van der Waals surface area contributed by atoms with Crippen molar-refractivity contribution < 1.29 is 13.9 Å². The third kappa shape index (κ3) is 2.26. The smallest absolute Gasteiger partial charge is 0.315 e. The van der Waals surface area contributed by atoms with Gasteiger partial charge in [-0.25, -0.2) is 0 Å². The molecular weight excluding hydrogens is 300 g/mol. The third-order valence-electron chi connectivity index (χ3n) is 3.92. The molecule has 0 fully saturated rings. The molecule has 0 amide bonds. The van der Waals surface area contributed by atoms with Crippen molar-refractivity contribution in [2.45, 2.75) is 26.2 Å². The van der Waals surface area contributed by atoms with E-state index in [1.54, 1.807) is 6.07 Å². The molecule has 0 bridgehead atoms. The van der Waals surface area contributed by atoms with Gasteiger partial charge in [-0.05, 0) is 50.6 Å². The predicted molar refractivity (Wildman–Crippen MR) is 88.4 cm³/mol. The summed E-state index contributed by atoms with van der Waals surface area (Å²) in [5.41, 5.74) is 1.61. The lowest BCUT2D eigenvalue weighted by Gasteiger charge is -2.23. The Morgan fingerprint density at radius 1 is 1.23 bits per heavy atom. The number of esters is 1. The van der Waals surface area contributed by atoms with Crippen molar-refractivity contribution in [2.24, 2.45) is 0 Å². The van der Waals surface area contributed by atoms with Crippen LogP contribution in [0, 0.1) is 0 Å². The highest BCUT2D eigenvalue weighted by molar-refractivity contribution is 6.31. The molecule has 0 N–H and O–H groups in total. The first-order valence-electron chi connectivity index (χ1n) is 7.23. The molecule has 1 aromatic heterocycles. The molecule has 22 heavy (non-hydrogen) atoms. The molecule has 0 saturated heterocycles. The van der Waals surface area contributed by atoms with Gasteiger partial charge >= 0.3 is 5.97 Å². The van der Waals surface area contributed by atoms with Crippen molar-refractivity contribution in [3.8, 4) is 0 Å². The quantitative estimate of drug-likeness (QED) is 0.632. The molecule has 3 rings (SSSR count). The number of furan rings is 1. The zero-order valence-electron chi connectivity index (χ0n) is 12.8. The number of benzene rings is 2. The highest BCUT2D eigenvalue weighted by Gasteiger charge is 2.34. The highest BCUT2D eigenvalue weighted by Crippen LogP contribution is 2.38. The zero-order valence-corrected chi connectivity index (χ0v) is 13.5. The summed E-state index contributed by atoms with van der Waals surface area (Å²) in [5.74, 6) is -0.251. The number of halogens is 1. The Hall–Kier alpha value is -2.00. The Kier molecular flexibility index (Phi) is 3.61. The second kappa shape index (κ2) is 5.33. The fraction of sp³-hybridized carbons (Fsp3) is 0.278. The van der Waals surface area contributed by atoms with Crippen LogP contribution in [0.15, 0.2) is 40.8 Å². The van der Waals surface area contributed by atoms with Crippen LogP contribution >= 0.6 is 11.6 Å². The van der Waals surface area contributed by atoms with Gasteiger partial charge in [0.25, 0.3) is 0 Å². The number of carbonyl (C=O) groups excluding carboxylic acids is 1. The largest absolute Gasteiger partial charge is 0.465 e. The summed E-state index contributed by atoms with van der Waals surface area (Å²) in [7, 11) is 0. The topological polar surface area (TPSA) is 39.4 Å². The van der Waals surface area contributed by atoms with E-state index >= 15 is 0 Å². The van der Waals surface area contributed by atoms with Crippen LogP contribution in [0.1, 0.15) is 26.3 Å². The van der Waals surface area contributed by atoms with Gasteiger partial charge < -0.3 is 9.15 Å². The minimum Gasteiger partial charge on any atom is -0.465 e. The van der Waals surface area contributed by atoms with E-state index in [0.717, 1.165) is 27.5 Å².